The predicted octanol–water partition coefficient (Wildman–Crippen LogP) is 2.84. The van der Waals surface area contributed by atoms with E-state index < -0.39 is 5.97 Å². The lowest BCUT2D eigenvalue weighted by Gasteiger charge is -2.30. The van der Waals surface area contributed by atoms with E-state index in [9.17, 15) is 9.90 Å². The smallest absolute Gasteiger partial charge is 0.339 e. The average molecular weight is 268 g/mol. The minimum Gasteiger partial charge on any atom is -0.478 e. The SMILES string of the molecule is Cc1ccnc(NCC2Cc3ccccc32)c1C(=O)O. The van der Waals surface area contributed by atoms with Crippen LogP contribution in [0.1, 0.15) is 33.0 Å². The lowest BCUT2D eigenvalue weighted by atomic mass is 9.77. The van der Waals surface area contributed by atoms with Gasteiger partial charge in [0, 0.05) is 18.7 Å². The highest BCUT2D eigenvalue weighted by atomic mass is 16.4. The first kappa shape index (κ1) is 12.7. The fourth-order valence-corrected chi connectivity index (χ4v) is 2.73. The number of hydrogen-bond acceptors (Lipinski definition) is 3. The lowest BCUT2D eigenvalue weighted by molar-refractivity contribution is 0.0697. The third kappa shape index (κ3) is 2.13. The molecule has 0 saturated carbocycles. The van der Waals surface area contributed by atoms with Crippen molar-refractivity contribution in [1.82, 2.24) is 4.98 Å². The first-order valence-corrected chi connectivity index (χ1v) is 6.67. The molecule has 3 rings (SSSR count). The number of carbonyl (C=O) groups is 1. The molecular formula is C16H16N2O2. The van der Waals surface area contributed by atoms with Gasteiger partial charge in [0.2, 0.25) is 0 Å². The second-order valence-electron chi connectivity index (χ2n) is 5.14. The van der Waals surface area contributed by atoms with Gasteiger partial charge in [0.05, 0.1) is 0 Å². The number of aromatic carboxylic acids is 1. The Morgan fingerprint density at radius 2 is 2.20 bits per heavy atom. The number of nitrogens with one attached hydrogen (secondary N) is 1. The van der Waals surface area contributed by atoms with Crippen LogP contribution in [0.5, 0.6) is 0 Å². The first-order chi connectivity index (χ1) is 9.66. The molecule has 0 fully saturated rings. The maximum absolute atomic E-state index is 11.3. The van der Waals surface area contributed by atoms with Gasteiger partial charge in [-0.1, -0.05) is 24.3 Å². The predicted molar refractivity (Wildman–Crippen MR) is 77.3 cm³/mol. The molecule has 0 amide bonds. The summed E-state index contributed by atoms with van der Waals surface area (Å²) in [5.41, 5.74) is 3.73. The third-order valence-corrected chi connectivity index (χ3v) is 3.85. The minimum atomic E-state index is -0.938. The quantitative estimate of drug-likeness (QED) is 0.895. The maximum atomic E-state index is 11.3. The number of fused-ring (bicyclic) bond motifs is 1. The van der Waals surface area contributed by atoms with Crippen LogP contribution < -0.4 is 5.32 Å². The van der Waals surface area contributed by atoms with Crippen LogP contribution in [0.15, 0.2) is 36.5 Å². The van der Waals surface area contributed by atoms with Crippen molar-refractivity contribution in [2.75, 3.05) is 11.9 Å². The molecule has 0 aliphatic heterocycles. The molecule has 1 aliphatic carbocycles. The maximum Gasteiger partial charge on any atom is 0.339 e. The molecule has 1 aliphatic rings. The number of hydrogen-bond donors (Lipinski definition) is 2. The Kier molecular flexibility index (Phi) is 3.14. The van der Waals surface area contributed by atoms with Gasteiger partial charge in [0.15, 0.2) is 0 Å². The van der Waals surface area contributed by atoms with Crippen molar-refractivity contribution in [3.05, 3.63) is 58.8 Å². The van der Waals surface area contributed by atoms with E-state index in [1.807, 2.05) is 12.1 Å². The number of aryl methyl sites for hydroxylation is 1. The van der Waals surface area contributed by atoms with E-state index in [0.717, 1.165) is 12.0 Å². The lowest BCUT2D eigenvalue weighted by Crippen LogP contribution is -2.25. The number of carboxylic acids is 1. The van der Waals surface area contributed by atoms with Crippen LogP contribution in [0, 0.1) is 6.92 Å². The number of anilines is 1. The van der Waals surface area contributed by atoms with Crippen molar-refractivity contribution in [2.45, 2.75) is 19.3 Å². The summed E-state index contributed by atoms with van der Waals surface area (Å²) in [6, 6.07) is 10.1. The Morgan fingerprint density at radius 1 is 1.40 bits per heavy atom. The van der Waals surface area contributed by atoms with Gasteiger partial charge in [-0.2, -0.15) is 0 Å². The second-order valence-corrected chi connectivity index (χ2v) is 5.14. The van der Waals surface area contributed by atoms with Crippen molar-refractivity contribution in [3.8, 4) is 0 Å². The van der Waals surface area contributed by atoms with Crippen LogP contribution in [0.2, 0.25) is 0 Å². The fraction of sp³-hybridized carbons (Fsp3) is 0.250. The van der Waals surface area contributed by atoms with Gasteiger partial charge < -0.3 is 10.4 Å². The molecule has 0 bridgehead atoms. The number of carboxylic acid groups (broad SMARTS) is 1. The molecule has 4 nitrogen and oxygen atoms in total. The molecular weight excluding hydrogens is 252 g/mol. The van der Waals surface area contributed by atoms with Gasteiger partial charge in [-0.05, 0) is 36.1 Å². The average Bonchev–Trinajstić information content (AvgIpc) is 2.39. The molecule has 1 heterocycles. The summed E-state index contributed by atoms with van der Waals surface area (Å²) in [5.74, 6) is -0.0378. The molecule has 20 heavy (non-hydrogen) atoms. The van der Waals surface area contributed by atoms with E-state index in [2.05, 4.69) is 22.4 Å². The number of rotatable bonds is 4. The monoisotopic (exact) mass is 268 g/mol. The molecule has 0 spiro atoms. The first-order valence-electron chi connectivity index (χ1n) is 6.67. The summed E-state index contributed by atoms with van der Waals surface area (Å²) in [6.07, 6.45) is 2.68. The van der Waals surface area contributed by atoms with Gasteiger partial charge in [-0.25, -0.2) is 9.78 Å². The van der Waals surface area contributed by atoms with Gasteiger partial charge in [-0.15, -0.1) is 0 Å². The van der Waals surface area contributed by atoms with Gasteiger partial charge >= 0.3 is 5.97 Å². The fourth-order valence-electron chi connectivity index (χ4n) is 2.73. The van der Waals surface area contributed by atoms with Crippen molar-refractivity contribution in [2.24, 2.45) is 0 Å². The van der Waals surface area contributed by atoms with Crippen LogP contribution in [0.25, 0.3) is 0 Å². The zero-order valence-electron chi connectivity index (χ0n) is 11.3. The second kappa shape index (κ2) is 4.96. The molecule has 0 radical (unpaired) electrons. The van der Waals surface area contributed by atoms with Crippen LogP contribution >= 0.6 is 0 Å². The molecule has 4 heteroatoms. The summed E-state index contributed by atoms with van der Waals surface area (Å²) in [7, 11) is 0. The summed E-state index contributed by atoms with van der Waals surface area (Å²) >= 11 is 0. The van der Waals surface area contributed by atoms with Crippen LogP contribution in [-0.2, 0) is 6.42 Å². The Morgan fingerprint density at radius 3 is 2.95 bits per heavy atom. The third-order valence-electron chi connectivity index (χ3n) is 3.85. The zero-order valence-corrected chi connectivity index (χ0v) is 11.3. The Labute approximate surface area is 117 Å². The molecule has 102 valence electrons. The highest BCUT2D eigenvalue weighted by Gasteiger charge is 2.25. The molecule has 1 aromatic heterocycles. The van der Waals surface area contributed by atoms with Crippen molar-refractivity contribution >= 4 is 11.8 Å². The van der Waals surface area contributed by atoms with E-state index in [4.69, 9.17) is 0 Å². The minimum absolute atomic E-state index is 0.264. The van der Waals surface area contributed by atoms with E-state index in [0.29, 0.717) is 18.3 Å². The van der Waals surface area contributed by atoms with Crippen molar-refractivity contribution in [3.63, 3.8) is 0 Å². The van der Waals surface area contributed by atoms with Crippen LogP contribution in [0.3, 0.4) is 0 Å². The number of benzene rings is 1. The van der Waals surface area contributed by atoms with Gasteiger partial charge in [-0.3, -0.25) is 0 Å². The van der Waals surface area contributed by atoms with E-state index in [1.165, 1.54) is 11.1 Å². The van der Waals surface area contributed by atoms with E-state index >= 15 is 0 Å². The highest BCUT2D eigenvalue weighted by molar-refractivity contribution is 5.94. The number of nitrogens with zero attached hydrogens (tertiary/aromatic N) is 1. The molecule has 2 N–H and O–H groups in total. The van der Waals surface area contributed by atoms with E-state index in [1.54, 1.807) is 19.2 Å². The molecule has 1 aromatic carbocycles. The molecule has 1 unspecified atom stereocenters. The van der Waals surface area contributed by atoms with Crippen molar-refractivity contribution < 1.29 is 9.90 Å². The topological polar surface area (TPSA) is 62.2 Å². The Bertz CT molecular complexity index is 667. The summed E-state index contributed by atoms with van der Waals surface area (Å²) in [4.78, 5) is 15.4. The number of pyridine rings is 1. The zero-order chi connectivity index (χ0) is 14.1. The normalized spacial score (nSPS) is 16.1. The standard InChI is InChI=1S/C16H16N2O2/c1-10-6-7-17-15(14(10)16(19)20)18-9-12-8-11-4-2-3-5-13(11)12/h2-7,12H,8-9H2,1H3,(H,17,18)(H,19,20). The van der Waals surface area contributed by atoms with Gasteiger partial charge in [0.1, 0.15) is 11.4 Å². The van der Waals surface area contributed by atoms with Crippen LogP contribution in [0.4, 0.5) is 5.82 Å². The summed E-state index contributed by atoms with van der Waals surface area (Å²) in [6.45, 7) is 2.50. The molecule has 1 atom stereocenters. The largest absolute Gasteiger partial charge is 0.478 e. The Balaban J connectivity index is 1.75. The van der Waals surface area contributed by atoms with E-state index in [-0.39, 0.29) is 5.56 Å². The molecule has 0 saturated heterocycles. The number of aromatic nitrogens is 1. The summed E-state index contributed by atoms with van der Waals surface area (Å²) < 4.78 is 0. The van der Waals surface area contributed by atoms with Crippen LogP contribution in [-0.4, -0.2) is 22.6 Å². The van der Waals surface area contributed by atoms with Gasteiger partial charge in [0.25, 0.3) is 0 Å². The van der Waals surface area contributed by atoms with Crippen molar-refractivity contribution in [1.29, 1.82) is 0 Å². The molecule has 2 aromatic rings. The summed E-state index contributed by atoms with van der Waals surface area (Å²) in [5, 5.41) is 12.4. The Hall–Kier alpha value is -2.36. The highest BCUT2D eigenvalue weighted by Crippen LogP contribution is 2.34.